The molecular weight excluding hydrogens is 978 g/mol. The molecule has 0 spiro atoms. The summed E-state index contributed by atoms with van der Waals surface area (Å²) in [5.74, 6) is -15.1. The summed E-state index contributed by atoms with van der Waals surface area (Å²) in [6.45, 7) is 2.04. The summed E-state index contributed by atoms with van der Waals surface area (Å²) in [5.41, 5.74) is 0.126. The number of ether oxygens (including phenoxy) is 1. The molecule has 8 bridgehead atoms. The van der Waals surface area contributed by atoms with Crippen molar-refractivity contribution in [2.24, 2.45) is 47.3 Å². The Morgan fingerprint density at radius 2 is 0.928 bits per heavy atom. The number of esters is 1. The van der Waals surface area contributed by atoms with E-state index >= 15 is 65.9 Å². The molecule has 4 aliphatic carbocycles. The summed E-state index contributed by atoms with van der Waals surface area (Å²) in [5, 5.41) is 17.6. The molecule has 9 aliphatic rings. The molecule has 0 radical (unpaired) electrons. The summed E-state index contributed by atoms with van der Waals surface area (Å²) in [7, 11) is 0. The van der Waals surface area contributed by atoms with Crippen molar-refractivity contribution in [1.82, 2.24) is 42.3 Å². The Kier molecular flexibility index (Phi) is 14.0. The van der Waals surface area contributed by atoms with Gasteiger partial charge in [0.2, 0.25) is 0 Å². The first-order valence-electron chi connectivity index (χ1n) is 23.5. The molecule has 69 heavy (non-hydrogen) atoms. The van der Waals surface area contributed by atoms with E-state index in [1.807, 2.05) is 6.92 Å². The maximum atomic E-state index is 17.1. The second kappa shape index (κ2) is 19.2. The van der Waals surface area contributed by atoms with Crippen LogP contribution in [0.4, 0.5) is 65.9 Å². The summed E-state index contributed by atoms with van der Waals surface area (Å²) >= 11 is 0.746. The first-order valence-corrected chi connectivity index (χ1v) is 24.4. The van der Waals surface area contributed by atoms with Gasteiger partial charge in [0.1, 0.15) is 49.4 Å². The second-order valence-corrected chi connectivity index (χ2v) is 21.3. The maximum absolute atomic E-state index is 17.1. The van der Waals surface area contributed by atoms with Gasteiger partial charge in [-0.1, -0.05) is 13.3 Å². The van der Waals surface area contributed by atoms with E-state index in [1.54, 1.807) is 0 Å². The van der Waals surface area contributed by atoms with Gasteiger partial charge in [-0.15, -0.1) is 21.4 Å². The van der Waals surface area contributed by atoms with Gasteiger partial charge in [-0.05, 0) is 43.0 Å². The highest BCUT2D eigenvalue weighted by Gasteiger charge is 2.69. The predicted molar refractivity (Wildman–Crippen MR) is 218 cm³/mol. The molecule has 1 aromatic rings. The SMILES string of the molecule is CCCCOC(=O)c1ccc(SC2C(F)C(F)C(F)C3C4NC5NC(NC6C7C(F)C(F)C(F)C(F)C7C(NC7NC(NC(N4)C23)C2CC(F)C(F)C(F)C72)N6F)C2C(F)C(F)C(F)C(F)C52)cc1. The molecule has 31 atom stereocenters. The molecule has 26 heteroatoms. The third-order valence-corrected chi connectivity index (χ3v) is 17.9. The third-order valence-electron chi connectivity index (χ3n) is 16.5. The van der Waals surface area contributed by atoms with Gasteiger partial charge >= 0.3 is 5.97 Å². The first-order chi connectivity index (χ1) is 32.8. The number of nitrogens with zero attached hydrogens (tertiary/aromatic N) is 1. The summed E-state index contributed by atoms with van der Waals surface area (Å²) in [4.78, 5) is 12.9. The van der Waals surface area contributed by atoms with E-state index in [0.717, 1.165) is 18.2 Å². The smallest absolute Gasteiger partial charge is 0.338 e. The average molecular weight is 1030 g/mol. The summed E-state index contributed by atoms with van der Waals surface area (Å²) in [6, 6.07) is 5.58. The van der Waals surface area contributed by atoms with E-state index < -0.39 is 201 Å². The van der Waals surface area contributed by atoms with Crippen molar-refractivity contribution in [3.8, 4) is 0 Å². The average Bonchev–Trinajstić information content (AvgIpc) is 4.05. The van der Waals surface area contributed by atoms with Crippen LogP contribution in [-0.4, -0.2) is 159 Å². The second-order valence-electron chi connectivity index (χ2n) is 20.1. The Morgan fingerprint density at radius 1 is 0.522 bits per heavy atom. The van der Waals surface area contributed by atoms with Crippen LogP contribution in [0.25, 0.3) is 0 Å². The Bertz CT molecular complexity index is 2010. The molecule has 1 aromatic carbocycles. The molecular formula is C43H53F15N8O2S. The summed E-state index contributed by atoms with van der Waals surface area (Å²) in [6.07, 6.45) is -54.0. The van der Waals surface area contributed by atoms with Gasteiger partial charge in [-0.2, -0.15) is 0 Å². The van der Waals surface area contributed by atoms with E-state index in [1.165, 1.54) is 24.3 Å². The number of nitrogens with one attached hydrogen (secondary N) is 7. The normalized spacial score (nSPS) is 54.9. The van der Waals surface area contributed by atoms with Crippen LogP contribution >= 0.6 is 11.8 Å². The van der Waals surface area contributed by atoms with Gasteiger partial charge in [0, 0.05) is 51.6 Å². The fourth-order valence-electron chi connectivity index (χ4n) is 13.2. The van der Waals surface area contributed by atoms with Crippen molar-refractivity contribution >= 4 is 17.7 Å². The highest BCUT2D eigenvalue weighted by molar-refractivity contribution is 8.00. The standard InChI is InChI=1S/C43H53F15N8O2S/c1-2-3-8-68-43(67)10-4-6-11(7-5-10)69-34-20-17(25(49)32(56)33(34)57)38-61-37-15-16(24(48)29(53)28(52)23(15)47)39(62-37)65-42-19-18(26(50)30(54)31(55)27(19)51)41(66(42)58)64-36-14-12(9-13(44)21(45)22(14)46)35(59-36)60-40(20)63-38/h4-7,12-42,59-65H,2-3,8-9H2,1H3. The number of benzene rings is 1. The molecule has 31 unspecified atom stereocenters. The lowest BCUT2D eigenvalue weighted by atomic mass is 9.72. The Hall–Kier alpha value is -2.33. The Balaban J connectivity index is 1.06. The zero-order valence-electron chi connectivity index (χ0n) is 36.4. The van der Waals surface area contributed by atoms with Crippen LogP contribution in [0.1, 0.15) is 36.5 Å². The van der Waals surface area contributed by atoms with Crippen LogP contribution < -0.4 is 37.2 Å². The molecule has 5 aliphatic heterocycles. The molecule has 0 aromatic heterocycles. The lowest BCUT2D eigenvalue weighted by molar-refractivity contribution is -0.0975. The predicted octanol–water partition coefficient (Wildman–Crippen LogP) is 5.20. The number of fused-ring (bicyclic) bond motifs is 20. The van der Waals surface area contributed by atoms with Gasteiger partial charge in [0.15, 0.2) is 37.0 Å². The van der Waals surface area contributed by atoms with Crippen LogP contribution in [0, 0.1) is 47.3 Å². The minimum absolute atomic E-state index is 0.126. The van der Waals surface area contributed by atoms with Crippen LogP contribution in [0.2, 0.25) is 0 Å². The monoisotopic (exact) mass is 1030 g/mol. The van der Waals surface area contributed by atoms with Gasteiger partial charge in [-0.3, -0.25) is 37.2 Å². The highest BCUT2D eigenvalue weighted by Crippen LogP contribution is 2.53. The van der Waals surface area contributed by atoms with Crippen molar-refractivity contribution in [2.45, 2.75) is 172 Å². The number of halogens is 15. The number of alkyl halides is 14. The Morgan fingerprint density at radius 3 is 1.43 bits per heavy atom. The topological polar surface area (TPSA) is 114 Å². The van der Waals surface area contributed by atoms with Gasteiger partial charge in [-0.25, -0.2) is 66.3 Å². The highest BCUT2D eigenvalue weighted by atomic mass is 32.2. The van der Waals surface area contributed by atoms with Crippen molar-refractivity contribution < 1.29 is 75.5 Å². The van der Waals surface area contributed by atoms with Gasteiger partial charge in [0.05, 0.1) is 61.5 Å². The largest absolute Gasteiger partial charge is 0.462 e. The van der Waals surface area contributed by atoms with Crippen LogP contribution in [0.15, 0.2) is 29.2 Å². The zero-order chi connectivity index (χ0) is 49.2. The first kappa shape index (κ1) is 50.2. The molecule has 4 saturated carbocycles. The maximum Gasteiger partial charge on any atom is 0.338 e. The summed E-state index contributed by atoms with van der Waals surface area (Å²) < 4.78 is 244. The molecule has 7 N–H and O–H groups in total. The number of carbonyl (C=O) groups excluding carboxylic acids is 1. The minimum atomic E-state index is -3.18. The van der Waals surface area contributed by atoms with E-state index in [9.17, 15) is 4.79 Å². The number of carbonyl (C=O) groups is 1. The van der Waals surface area contributed by atoms with Crippen molar-refractivity contribution in [3.63, 3.8) is 0 Å². The third kappa shape index (κ3) is 8.16. The fraction of sp³-hybridized carbons (Fsp3) is 0.837. The zero-order valence-corrected chi connectivity index (χ0v) is 37.2. The van der Waals surface area contributed by atoms with E-state index in [4.69, 9.17) is 4.74 Å². The molecule has 5 saturated heterocycles. The quantitative estimate of drug-likeness (QED) is 0.0885. The van der Waals surface area contributed by atoms with Gasteiger partial charge < -0.3 is 4.74 Å². The van der Waals surface area contributed by atoms with Crippen molar-refractivity contribution in [2.75, 3.05) is 6.61 Å². The molecule has 10 rings (SSSR count). The number of thioether (sulfide) groups is 1. The van der Waals surface area contributed by atoms with E-state index in [0.29, 0.717) is 6.42 Å². The fourth-order valence-corrected chi connectivity index (χ4v) is 14.6. The molecule has 9 fully saturated rings. The molecule has 0 amide bonds. The van der Waals surface area contributed by atoms with Crippen molar-refractivity contribution in [3.05, 3.63) is 29.8 Å². The van der Waals surface area contributed by atoms with Gasteiger partial charge in [0.25, 0.3) is 0 Å². The van der Waals surface area contributed by atoms with Crippen molar-refractivity contribution in [1.29, 1.82) is 0 Å². The van der Waals surface area contributed by atoms with Crippen LogP contribution in [0.3, 0.4) is 0 Å². The lowest BCUT2D eigenvalue weighted by Crippen LogP contribution is -2.62. The van der Waals surface area contributed by atoms with E-state index in [-0.39, 0.29) is 22.2 Å². The number of hydrogen-bond donors (Lipinski definition) is 7. The molecule has 5 heterocycles. The van der Waals surface area contributed by atoms with E-state index in [2.05, 4.69) is 37.2 Å². The van der Waals surface area contributed by atoms with Crippen LogP contribution in [0.5, 0.6) is 0 Å². The van der Waals surface area contributed by atoms with Crippen LogP contribution in [-0.2, 0) is 4.74 Å². The number of rotatable bonds is 6. The Labute approximate surface area is 390 Å². The minimum Gasteiger partial charge on any atom is -0.462 e. The number of hydrogen-bond acceptors (Lipinski definition) is 11. The molecule has 388 valence electrons. The lowest BCUT2D eigenvalue weighted by Gasteiger charge is -2.44. The number of unbranched alkanes of at least 4 members (excludes halogenated alkanes) is 1. The molecule has 10 nitrogen and oxygen atoms in total.